The summed E-state index contributed by atoms with van der Waals surface area (Å²) in [5, 5.41) is 2.89. The van der Waals surface area contributed by atoms with E-state index in [9.17, 15) is 4.79 Å². The van der Waals surface area contributed by atoms with Crippen molar-refractivity contribution < 1.29 is 9.53 Å². The first-order valence-electron chi connectivity index (χ1n) is 7.87. The van der Waals surface area contributed by atoms with Gasteiger partial charge in [0.2, 0.25) is 0 Å². The smallest absolute Gasteiger partial charge is 0.251 e. The fourth-order valence-electron chi connectivity index (χ4n) is 2.02. The Kier molecular flexibility index (Phi) is 6.12. The number of carbonyl (C=O) groups is 1. The number of aromatic nitrogens is 2. The van der Waals surface area contributed by atoms with Gasteiger partial charge >= 0.3 is 0 Å². The van der Waals surface area contributed by atoms with Crippen LogP contribution >= 0.6 is 0 Å². The number of imidazole rings is 1. The number of rotatable bonds is 8. The fraction of sp³-hybridized carbons (Fsp3) is 0.412. The molecule has 0 saturated carbocycles. The van der Waals surface area contributed by atoms with Gasteiger partial charge in [-0.2, -0.15) is 0 Å². The van der Waals surface area contributed by atoms with Gasteiger partial charge in [-0.1, -0.05) is 37.8 Å². The average Bonchev–Trinajstić information content (AvgIpc) is 2.96. The molecule has 1 aromatic heterocycles. The van der Waals surface area contributed by atoms with Gasteiger partial charge in [-0.3, -0.25) is 4.79 Å². The van der Waals surface area contributed by atoms with E-state index in [-0.39, 0.29) is 5.91 Å². The van der Waals surface area contributed by atoms with Gasteiger partial charge in [0.25, 0.3) is 5.91 Å². The predicted molar refractivity (Wildman–Crippen MR) is 93.9 cm³/mol. The van der Waals surface area contributed by atoms with Gasteiger partial charge in [0.15, 0.2) is 0 Å². The van der Waals surface area contributed by atoms with Gasteiger partial charge in [0, 0.05) is 32.6 Å². The Bertz CT molecular complexity index is 620. The molecule has 0 radical (unpaired) electrons. The van der Waals surface area contributed by atoms with Gasteiger partial charge in [0.05, 0.1) is 6.54 Å². The van der Waals surface area contributed by atoms with Gasteiger partial charge in [0.1, 0.15) is 12.6 Å². The van der Waals surface area contributed by atoms with Crippen LogP contribution in [0.2, 0.25) is 25.7 Å². The highest BCUT2D eigenvalue weighted by atomic mass is 28.3. The maximum atomic E-state index is 12.0. The molecule has 1 heterocycles. The summed E-state index contributed by atoms with van der Waals surface area (Å²) in [6.45, 7) is 8.62. The van der Waals surface area contributed by atoms with E-state index in [2.05, 4.69) is 29.9 Å². The second-order valence-corrected chi connectivity index (χ2v) is 12.3. The average molecular weight is 331 g/mol. The Morgan fingerprint density at radius 2 is 2.00 bits per heavy atom. The topological polar surface area (TPSA) is 56.1 Å². The third kappa shape index (κ3) is 6.00. The van der Waals surface area contributed by atoms with Crippen LogP contribution < -0.4 is 5.32 Å². The molecule has 0 unspecified atom stereocenters. The minimum Gasteiger partial charge on any atom is -0.361 e. The first-order chi connectivity index (χ1) is 11.0. The lowest BCUT2D eigenvalue weighted by Gasteiger charge is -2.16. The molecule has 1 N–H and O–H groups in total. The number of nitrogens with zero attached hydrogens (tertiary/aromatic N) is 2. The number of benzene rings is 1. The third-order valence-electron chi connectivity index (χ3n) is 3.47. The van der Waals surface area contributed by atoms with Gasteiger partial charge in [-0.15, -0.1) is 0 Å². The predicted octanol–water partition coefficient (Wildman–Crippen LogP) is 3.13. The molecule has 0 bridgehead atoms. The van der Waals surface area contributed by atoms with Crippen LogP contribution in [0.1, 0.15) is 16.2 Å². The van der Waals surface area contributed by atoms with Gasteiger partial charge in [-0.05, 0) is 18.2 Å². The SMILES string of the molecule is C[Si](C)(C)CCOCn1ccnc1CNC(=O)c1ccccc1. The van der Waals surface area contributed by atoms with Crippen molar-refractivity contribution in [3.8, 4) is 0 Å². The van der Waals surface area contributed by atoms with Crippen LogP contribution in [0.25, 0.3) is 0 Å². The van der Waals surface area contributed by atoms with Crippen LogP contribution in [-0.4, -0.2) is 30.1 Å². The van der Waals surface area contributed by atoms with Crippen LogP contribution in [0.5, 0.6) is 0 Å². The van der Waals surface area contributed by atoms with Crippen molar-refractivity contribution >= 4 is 14.0 Å². The molecule has 2 rings (SSSR count). The number of hydrogen-bond acceptors (Lipinski definition) is 3. The largest absolute Gasteiger partial charge is 0.361 e. The Morgan fingerprint density at radius 1 is 1.26 bits per heavy atom. The zero-order chi connectivity index (χ0) is 16.7. The summed E-state index contributed by atoms with van der Waals surface area (Å²) < 4.78 is 7.66. The molecule has 124 valence electrons. The molecule has 0 saturated heterocycles. The Labute approximate surface area is 138 Å². The lowest BCUT2D eigenvalue weighted by Crippen LogP contribution is -2.25. The van der Waals surface area contributed by atoms with Crippen molar-refractivity contribution in [3.05, 3.63) is 54.1 Å². The minimum atomic E-state index is -1.07. The number of hydrogen-bond donors (Lipinski definition) is 1. The van der Waals surface area contributed by atoms with Crippen LogP contribution in [0.15, 0.2) is 42.7 Å². The van der Waals surface area contributed by atoms with Gasteiger partial charge in [-0.25, -0.2) is 4.98 Å². The van der Waals surface area contributed by atoms with E-state index in [4.69, 9.17) is 4.74 Å². The minimum absolute atomic E-state index is 0.0974. The Morgan fingerprint density at radius 3 is 2.70 bits per heavy atom. The summed E-state index contributed by atoms with van der Waals surface area (Å²) in [6, 6.07) is 10.3. The Hall–Kier alpha value is -1.92. The number of ether oxygens (including phenoxy) is 1. The maximum absolute atomic E-state index is 12.0. The third-order valence-corrected chi connectivity index (χ3v) is 5.18. The summed E-state index contributed by atoms with van der Waals surface area (Å²) in [6.07, 6.45) is 3.60. The van der Waals surface area contributed by atoms with Crippen molar-refractivity contribution in [2.75, 3.05) is 6.61 Å². The number of carbonyl (C=O) groups excluding carboxylic acids is 1. The molecule has 0 atom stereocenters. The van der Waals surface area contributed by atoms with Crippen LogP contribution in [-0.2, 0) is 18.0 Å². The molecule has 2 aromatic rings. The van der Waals surface area contributed by atoms with E-state index in [0.29, 0.717) is 18.8 Å². The molecule has 1 amide bonds. The molecule has 0 fully saturated rings. The van der Waals surface area contributed by atoms with Crippen molar-refractivity contribution in [1.29, 1.82) is 0 Å². The molecule has 1 aromatic carbocycles. The monoisotopic (exact) mass is 331 g/mol. The zero-order valence-electron chi connectivity index (χ0n) is 14.1. The first kappa shape index (κ1) is 17.4. The van der Waals surface area contributed by atoms with Crippen molar-refractivity contribution in [3.63, 3.8) is 0 Å². The highest BCUT2D eigenvalue weighted by Gasteiger charge is 2.12. The summed E-state index contributed by atoms with van der Waals surface area (Å²) in [7, 11) is -1.07. The highest BCUT2D eigenvalue weighted by Crippen LogP contribution is 2.08. The van der Waals surface area contributed by atoms with Crippen molar-refractivity contribution in [1.82, 2.24) is 14.9 Å². The van der Waals surface area contributed by atoms with Crippen LogP contribution in [0, 0.1) is 0 Å². The summed E-state index contributed by atoms with van der Waals surface area (Å²) in [4.78, 5) is 16.3. The van der Waals surface area contributed by atoms with Crippen LogP contribution in [0.3, 0.4) is 0 Å². The quantitative estimate of drug-likeness (QED) is 0.597. The second kappa shape index (κ2) is 8.08. The fourth-order valence-corrected chi connectivity index (χ4v) is 2.77. The molecule has 6 heteroatoms. The normalized spacial score (nSPS) is 11.4. The number of amides is 1. The van der Waals surface area contributed by atoms with E-state index in [1.807, 2.05) is 29.0 Å². The highest BCUT2D eigenvalue weighted by molar-refractivity contribution is 6.76. The molecule has 0 aliphatic rings. The maximum Gasteiger partial charge on any atom is 0.251 e. The number of nitrogens with one attached hydrogen (secondary N) is 1. The summed E-state index contributed by atoms with van der Waals surface area (Å²) in [5.74, 6) is 0.696. The van der Waals surface area contributed by atoms with Crippen molar-refractivity contribution in [2.24, 2.45) is 0 Å². The second-order valence-electron chi connectivity index (χ2n) is 6.71. The molecule has 0 spiro atoms. The summed E-state index contributed by atoms with van der Waals surface area (Å²) >= 11 is 0. The zero-order valence-corrected chi connectivity index (χ0v) is 15.1. The molecule has 23 heavy (non-hydrogen) atoms. The molecule has 0 aliphatic heterocycles. The van der Waals surface area contributed by atoms with E-state index in [0.717, 1.165) is 18.5 Å². The standard InChI is InChI=1S/C17H25N3O2Si/c1-23(2,3)12-11-22-14-20-10-9-18-16(20)13-19-17(21)15-7-5-4-6-8-15/h4-10H,11-14H2,1-3H3,(H,19,21). The van der Waals surface area contributed by atoms with Crippen LogP contribution in [0.4, 0.5) is 0 Å². The Balaban J connectivity index is 1.80. The van der Waals surface area contributed by atoms with Crippen molar-refractivity contribution in [2.45, 2.75) is 39.0 Å². The summed E-state index contributed by atoms with van der Waals surface area (Å²) in [5.41, 5.74) is 0.650. The van der Waals surface area contributed by atoms with Gasteiger partial charge < -0.3 is 14.6 Å². The first-order valence-corrected chi connectivity index (χ1v) is 11.6. The molecular formula is C17H25N3O2Si. The molecule has 5 nitrogen and oxygen atoms in total. The lowest BCUT2D eigenvalue weighted by molar-refractivity contribution is 0.0838. The van der Waals surface area contributed by atoms with E-state index >= 15 is 0 Å². The van der Waals surface area contributed by atoms with E-state index < -0.39 is 8.07 Å². The van der Waals surface area contributed by atoms with E-state index in [1.54, 1.807) is 18.3 Å². The van der Waals surface area contributed by atoms with E-state index in [1.165, 1.54) is 0 Å². The lowest BCUT2D eigenvalue weighted by atomic mass is 10.2. The molecular weight excluding hydrogens is 306 g/mol. The molecule has 0 aliphatic carbocycles.